The van der Waals surface area contributed by atoms with Crippen LogP contribution in [0.4, 0.5) is 0 Å². The third kappa shape index (κ3) is 1.98. The normalized spacial score (nSPS) is 9.77. The van der Waals surface area contributed by atoms with Crippen LogP contribution < -0.4 is 0 Å². The van der Waals surface area contributed by atoms with Gasteiger partial charge in [0, 0.05) is 15.6 Å². The van der Waals surface area contributed by atoms with E-state index in [0.717, 1.165) is 0 Å². The fourth-order valence-corrected chi connectivity index (χ4v) is 1.66. The van der Waals surface area contributed by atoms with E-state index in [9.17, 15) is 9.59 Å². The Balaban J connectivity index is 3.50. The molecule has 13 heavy (non-hydrogen) atoms. The summed E-state index contributed by atoms with van der Waals surface area (Å²) in [6.45, 7) is 1.38. The van der Waals surface area contributed by atoms with Crippen LogP contribution in [0.15, 0.2) is 16.6 Å². The average molecular weight is 262 g/mol. The molecule has 0 amide bonds. The Morgan fingerprint density at radius 3 is 2.62 bits per heavy atom. The number of aldehydes is 1. The third-order valence-electron chi connectivity index (χ3n) is 1.61. The largest absolute Gasteiger partial charge is 0.298 e. The minimum atomic E-state index is -0.214. The lowest BCUT2D eigenvalue weighted by molar-refractivity contribution is 0.101. The van der Waals surface area contributed by atoms with Gasteiger partial charge in [0.1, 0.15) is 0 Å². The first-order chi connectivity index (χ1) is 6.07. The monoisotopic (exact) mass is 260 g/mol. The summed E-state index contributed by atoms with van der Waals surface area (Å²) in [7, 11) is 0. The Morgan fingerprint density at radius 1 is 1.54 bits per heavy atom. The molecule has 0 aliphatic heterocycles. The highest BCUT2D eigenvalue weighted by molar-refractivity contribution is 9.10. The zero-order chi connectivity index (χ0) is 10.0. The smallest absolute Gasteiger partial charge is 0.162 e. The van der Waals surface area contributed by atoms with Crippen molar-refractivity contribution in [3.63, 3.8) is 0 Å². The minimum Gasteiger partial charge on any atom is -0.298 e. The Bertz CT molecular complexity index is 374. The molecule has 0 N–H and O–H groups in total. The van der Waals surface area contributed by atoms with Crippen LogP contribution in [-0.4, -0.2) is 12.1 Å². The highest BCUT2D eigenvalue weighted by Crippen LogP contribution is 2.28. The fourth-order valence-electron chi connectivity index (χ4n) is 1.02. The maximum atomic E-state index is 11.1. The first kappa shape index (κ1) is 10.4. The standard InChI is InChI=1S/C9H6BrClO2/c1-5(13)8-6(4-12)2-3-7(10)9(8)11/h2-4H,1H3. The van der Waals surface area contributed by atoms with E-state index in [1.54, 1.807) is 12.1 Å². The second-order valence-electron chi connectivity index (χ2n) is 2.50. The summed E-state index contributed by atoms with van der Waals surface area (Å²) in [5.41, 5.74) is 0.590. The number of halogens is 2. The van der Waals surface area contributed by atoms with Crippen LogP contribution in [0.25, 0.3) is 0 Å². The summed E-state index contributed by atoms with van der Waals surface area (Å²) >= 11 is 9.02. The van der Waals surface area contributed by atoms with Crippen LogP contribution in [0.1, 0.15) is 27.6 Å². The Kier molecular flexibility index (Phi) is 3.22. The van der Waals surface area contributed by atoms with Crippen LogP contribution in [0.5, 0.6) is 0 Å². The zero-order valence-corrected chi connectivity index (χ0v) is 9.15. The van der Waals surface area contributed by atoms with Gasteiger partial charge in [-0.2, -0.15) is 0 Å². The summed E-state index contributed by atoms with van der Waals surface area (Å²) in [5, 5.41) is 0.289. The van der Waals surface area contributed by atoms with Gasteiger partial charge >= 0.3 is 0 Å². The van der Waals surface area contributed by atoms with Crippen molar-refractivity contribution in [3.8, 4) is 0 Å². The number of hydrogen-bond acceptors (Lipinski definition) is 2. The van der Waals surface area contributed by atoms with Crippen molar-refractivity contribution < 1.29 is 9.59 Å². The Hall–Kier alpha value is -0.670. The van der Waals surface area contributed by atoms with E-state index in [4.69, 9.17) is 11.6 Å². The Labute approximate surface area is 89.0 Å². The van der Waals surface area contributed by atoms with Gasteiger partial charge in [0.2, 0.25) is 0 Å². The number of rotatable bonds is 2. The highest BCUT2D eigenvalue weighted by atomic mass is 79.9. The molecule has 68 valence electrons. The predicted octanol–water partition coefficient (Wildman–Crippen LogP) is 3.12. The van der Waals surface area contributed by atoms with Gasteiger partial charge in [0.05, 0.1) is 5.02 Å². The molecule has 0 heterocycles. The molecule has 0 bridgehead atoms. The van der Waals surface area contributed by atoms with E-state index in [1.807, 2.05) is 0 Å². The molecule has 1 aromatic rings. The number of carbonyl (C=O) groups is 2. The van der Waals surface area contributed by atoms with E-state index in [-0.39, 0.29) is 16.4 Å². The van der Waals surface area contributed by atoms with E-state index in [1.165, 1.54) is 6.92 Å². The quantitative estimate of drug-likeness (QED) is 0.605. The van der Waals surface area contributed by atoms with Crippen LogP contribution in [0.2, 0.25) is 5.02 Å². The van der Waals surface area contributed by atoms with Gasteiger partial charge in [-0.1, -0.05) is 11.6 Å². The molecule has 0 spiro atoms. The first-order valence-electron chi connectivity index (χ1n) is 3.52. The second kappa shape index (κ2) is 4.03. The molecule has 0 aromatic heterocycles. The Morgan fingerprint density at radius 2 is 2.15 bits per heavy atom. The van der Waals surface area contributed by atoms with Gasteiger partial charge in [-0.25, -0.2) is 0 Å². The summed E-state index contributed by atoms with van der Waals surface area (Å²) in [6, 6.07) is 3.19. The second-order valence-corrected chi connectivity index (χ2v) is 3.73. The SMILES string of the molecule is CC(=O)c1c(C=O)ccc(Br)c1Cl. The molecule has 1 aromatic carbocycles. The molecular weight excluding hydrogens is 255 g/mol. The maximum Gasteiger partial charge on any atom is 0.162 e. The third-order valence-corrected chi connectivity index (χ3v) is 2.89. The van der Waals surface area contributed by atoms with E-state index < -0.39 is 0 Å². The molecular formula is C9H6BrClO2. The van der Waals surface area contributed by atoms with Gasteiger partial charge in [-0.15, -0.1) is 0 Å². The van der Waals surface area contributed by atoms with Crippen LogP contribution in [0, 0.1) is 0 Å². The van der Waals surface area contributed by atoms with Crippen molar-refractivity contribution in [1.29, 1.82) is 0 Å². The first-order valence-corrected chi connectivity index (χ1v) is 4.69. The molecule has 4 heteroatoms. The van der Waals surface area contributed by atoms with Gasteiger partial charge in [-0.3, -0.25) is 9.59 Å². The van der Waals surface area contributed by atoms with Crippen molar-refractivity contribution in [3.05, 3.63) is 32.8 Å². The highest BCUT2D eigenvalue weighted by Gasteiger charge is 2.13. The summed E-state index contributed by atoms with van der Waals surface area (Å²) < 4.78 is 0.616. The molecule has 0 aliphatic rings. The average Bonchev–Trinajstić information content (AvgIpc) is 2.08. The van der Waals surface area contributed by atoms with Crippen molar-refractivity contribution >= 4 is 39.6 Å². The molecule has 2 nitrogen and oxygen atoms in total. The summed E-state index contributed by atoms with van der Waals surface area (Å²) in [6.07, 6.45) is 0.620. The van der Waals surface area contributed by atoms with Crippen LogP contribution >= 0.6 is 27.5 Å². The molecule has 0 saturated carbocycles. The summed E-state index contributed by atoms with van der Waals surface area (Å²) in [5.74, 6) is -0.214. The lowest BCUT2D eigenvalue weighted by atomic mass is 10.1. The van der Waals surface area contributed by atoms with Crippen LogP contribution in [0.3, 0.4) is 0 Å². The zero-order valence-electron chi connectivity index (χ0n) is 6.80. The minimum absolute atomic E-state index is 0.214. The van der Waals surface area contributed by atoms with Crippen molar-refractivity contribution in [2.45, 2.75) is 6.92 Å². The number of carbonyl (C=O) groups excluding carboxylic acids is 2. The van der Waals surface area contributed by atoms with E-state index >= 15 is 0 Å². The topological polar surface area (TPSA) is 34.1 Å². The lowest BCUT2D eigenvalue weighted by Gasteiger charge is -2.04. The fraction of sp³-hybridized carbons (Fsp3) is 0.111. The van der Waals surface area contributed by atoms with Gasteiger partial charge < -0.3 is 0 Å². The summed E-state index contributed by atoms with van der Waals surface area (Å²) in [4.78, 5) is 21.7. The van der Waals surface area contributed by atoms with Gasteiger partial charge in [0.15, 0.2) is 12.1 Å². The molecule has 0 atom stereocenters. The molecule has 1 rings (SSSR count). The molecule has 0 saturated heterocycles. The molecule has 0 aliphatic carbocycles. The maximum absolute atomic E-state index is 11.1. The van der Waals surface area contributed by atoms with Crippen molar-refractivity contribution in [2.75, 3.05) is 0 Å². The van der Waals surface area contributed by atoms with Crippen molar-refractivity contribution in [1.82, 2.24) is 0 Å². The number of Topliss-reactive ketones (excluding diaryl/α,β-unsaturated/α-hetero) is 1. The van der Waals surface area contributed by atoms with E-state index in [2.05, 4.69) is 15.9 Å². The van der Waals surface area contributed by atoms with E-state index in [0.29, 0.717) is 16.3 Å². The van der Waals surface area contributed by atoms with Gasteiger partial charge in [0.25, 0.3) is 0 Å². The van der Waals surface area contributed by atoms with Crippen molar-refractivity contribution in [2.24, 2.45) is 0 Å². The number of ketones is 1. The number of hydrogen-bond donors (Lipinski definition) is 0. The molecule has 0 fully saturated rings. The lowest BCUT2D eigenvalue weighted by Crippen LogP contribution is -2.00. The molecule has 0 unspecified atom stereocenters. The van der Waals surface area contributed by atoms with Crippen LogP contribution in [-0.2, 0) is 0 Å². The molecule has 0 radical (unpaired) electrons. The number of benzene rings is 1. The van der Waals surface area contributed by atoms with Gasteiger partial charge in [-0.05, 0) is 35.0 Å². The predicted molar refractivity (Wildman–Crippen MR) is 54.5 cm³/mol.